The summed E-state index contributed by atoms with van der Waals surface area (Å²) < 4.78 is 0. The van der Waals surface area contributed by atoms with Crippen molar-refractivity contribution in [1.82, 2.24) is 0 Å². The summed E-state index contributed by atoms with van der Waals surface area (Å²) in [5, 5.41) is 19.5. The fourth-order valence-electron chi connectivity index (χ4n) is 2.22. The van der Waals surface area contributed by atoms with E-state index >= 15 is 0 Å². The number of aliphatic hydroxyl groups excluding tert-OH is 1. The lowest BCUT2D eigenvalue weighted by molar-refractivity contribution is 0.185. The van der Waals surface area contributed by atoms with Crippen LogP contribution in [0.5, 0.6) is 5.75 Å². The number of benzene rings is 1. The normalized spacial score (nSPS) is 20.9. The van der Waals surface area contributed by atoms with E-state index in [1.54, 1.807) is 6.07 Å². The minimum atomic E-state index is -0.392. The molecule has 2 rings (SSSR count). The second-order valence-electron chi connectivity index (χ2n) is 3.94. The molecule has 1 aromatic rings. The van der Waals surface area contributed by atoms with Gasteiger partial charge in [0.1, 0.15) is 12.0 Å². The average Bonchev–Trinajstić information content (AvgIpc) is 2.64. The summed E-state index contributed by atoms with van der Waals surface area (Å²) in [5.74, 6) is 0.328. The van der Waals surface area contributed by atoms with Crippen LogP contribution in [0.25, 0.3) is 0 Å². The van der Waals surface area contributed by atoms with E-state index in [2.05, 4.69) is 0 Å². The predicted molar refractivity (Wildman–Crippen MR) is 60.1 cm³/mol. The van der Waals surface area contributed by atoms with E-state index in [1.165, 1.54) is 0 Å². The highest BCUT2D eigenvalue weighted by atomic mass is 16.3. The summed E-state index contributed by atoms with van der Waals surface area (Å²) in [5.41, 5.74) is 1.90. The van der Waals surface area contributed by atoms with Crippen LogP contribution in [0, 0.1) is 0 Å². The van der Waals surface area contributed by atoms with E-state index in [9.17, 15) is 10.2 Å². The van der Waals surface area contributed by atoms with Crippen molar-refractivity contribution in [3.63, 3.8) is 0 Å². The lowest BCUT2D eigenvalue weighted by Crippen LogP contribution is -2.29. The van der Waals surface area contributed by atoms with Crippen LogP contribution in [0.1, 0.15) is 25.3 Å². The quantitative estimate of drug-likeness (QED) is 0.778. The number of hydrogen-bond acceptors (Lipinski definition) is 3. The van der Waals surface area contributed by atoms with Gasteiger partial charge in [-0.3, -0.25) is 0 Å². The van der Waals surface area contributed by atoms with Crippen LogP contribution < -0.4 is 4.90 Å². The molecule has 0 spiro atoms. The molecule has 82 valence electrons. The monoisotopic (exact) mass is 207 g/mol. The van der Waals surface area contributed by atoms with Crippen molar-refractivity contribution >= 4 is 5.69 Å². The van der Waals surface area contributed by atoms with Crippen LogP contribution in [0.4, 0.5) is 5.69 Å². The number of aromatic hydroxyl groups is 1. The molecule has 1 heterocycles. The molecule has 3 nitrogen and oxygen atoms in total. The lowest BCUT2D eigenvalue weighted by Gasteiger charge is -2.25. The van der Waals surface area contributed by atoms with Crippen molar-refractivity contribution in [1.29, 1.82) is 0 Å². The Kier molecular flexibility index (Phi) is 2.82. The Morgan fingerprint density at radius 2 is 2.27 bits per heavy atom. The van der Waals surface area contributed by atoms with Crippen LogP contribution in [0.3, 0.4) is 0 Å². The number of aliphatic hydroxyl groups is 1. The number of rotatable bonds is 2. The Labute approximate surface area is 90.0 Å². The van der Waals surface area contributed by atoms with E-state index in [0.29, 0.717) is 5.75 Å². The molecule has 1 aliphatic heterocycles. The van der Waals surface area contributed by atoms with Crippen molar-refractivity contribution in [2.75, 3.05) is 11.4 Å². The first-order chi connectivity index (χ1) is 7.24. The predicted octanol–water partition coefficient (Wildman–Crippen LogP) is 1.87. The maximum Gasteiger partial charge on any atom is 0.126 e. The van der Waals surface area contributed by atoms with Gasteiger partial charge < -0.3 is 15.1 Å². The number of hydrogen-bond donors (Lipinski definition) is 2. The van der Waals surface area contributed by atoms with Crippen LogP contribution in [0.2, 0.25) is 0 Å². The molecule has 0 saturated carbocycles. The first kappa shape index (κ1) is 10.3. The minimum absolute atomic E-state index is 0.328. The van der Waals surface area contributed by atoms with Crippen LogP contribution in [-0.4, -0.2) is 23.0 Å². The summed E-state index contributed by atoms with van der Waals surface area (Å²) >= 11 is 0. The van der Waals surface area contributed by atoms with E-state index in [4.69, 9.17) is 0 Å². The van der Waals surface area contributed by atoms with Gasteiger partial charge in [-0.05, 0) is 31.4 Å². The molecular formula is C12H17NO2. The van der Waals surface area contributed by atoms with Gasteiger partial charge in [0.2, 0.25) is 0 Å². The molecule has 15 heavy (non-hydrogen) atoms. The molecule has 0 aliphatic carbocycles. The molecular weight excluding hydrogens is 190 g/mol. The van der Waals surface area contributed by atoms with Crippen molar-refractivity contribution < 1.29 is 10.2 Å². The smallest absolute Gasteiger partial charge is 0.126 e. The summed E-state index contributed by atoms with van der Waals surface area (Å²) in [6.45, 7) is 2.89. The number of anilines is 1. The fourth-order valence-corrected chi connectivity index (χ4v) is 2.22. The molecule has 0 radical (unpaired) electrons. The Morgan fingerprint density at radius 1 is 1.47 bits per heavy atom. The molecule has 0 bridgehead atoms. The standard InChI is InChI=1S/C12H17NO2/c1-2-9-10(5-3-6-11(9)14)13-8-4-7-12(13)15/h3,5-6,12,14-15H,2,4,7-8H2,1H3. The van der Waals surface area contributed by atoms with Crippen molar-refractivity contribution in [3.05, 3.63) is 23.8 Å². The van der Waals surface area contributed by atoms with Crippen molar-refractivity contribution in [3.8, 4) is 5.75 Å². The van der Waals surface area contributed by atoms with Gasteiger partial charge in [-0.2, -0.15) is 0 Å². The Morgan fingerprint density at radius 3 is 2.87 bits per heavy atom. The first-order valence-electron chi connectivity index (χ1n) is 5.49. The number of phenolic OH excluding ortho intramolecular Hbond substituents is 1. The Balaban J connectivity index is 2.38. The highest BCUT2D eigenvalue weighted by Crippen LogP contribution is 2.32. The summed E-state index contributed by atoms with van der Waals surface area (Å²) in [7, 11) is 0. The lowest BCUT2D eigenvalue weighted by atomic mass is 10.1. The Hall–Kier alpha value is -1.22. The van der Waals surface area contributed by atoms with E-state index in [0.717, 1.165) is 37.1 Å². The molecule has 0 amide bonds. The molecule has 1 saturated heterocycles. The molecule has 1 aromatic carbocycles. The van der Waals surface area contributed by atoms with Crippen LogP contribution in [-0.2, 0) is 6.42 Å². The molecule has 1 atom stereocenters. The average molecular weight is 207 g/mol. The van der Waals surface area contributed by atoms with Crippen LogP contribution in [0.15, 0.2) is 18.2 Å². The minimum Gasteiger partial charge on any atom is -0.508 e. The fraction of sp³-hybridized carbons (Fsp3) is 0.500. The third-order valence-corrected chi connectivity index (χ3v) is 3.01. The summed E-state index contributed by atoms with van der Waals surface area (Å²) in [6.07, 6.45) is 2.22. The summed E-state index contributed by atoms with van der Waals surface area (Å²) in [4.78, 5) is 1.97. The molecule has 1 unspecified atom stereocenters. The zero-order valence-electron chi connectivity index (χ0n) is 8.98. The molecule has 0 aromatic heterocycles. The highest BCUT2D eigenvalue weighted by Gasteiger charge is 2.24. The van der Waals surface area contributed by atoms with E-state index in [1.807, 2.05) is 24.0 Å². The van der Waals surface area contributed by atoms with Gasteiger partial charge in [0.25, 0.3) is 0 Å². The topological polar surface area (TPSA) is 43.7 Å². The first-order valence-corrected chi connectivity index (χ1v) is 5.49. The zero-order chi connectivity index (χ0) is 10.8. The molecule has 1 aliphatic rings. The van der Waals surface area contributed by atoms with E-state index < -0.39 is 6.23 Å². The van der Waals surface area contributed by atoms with Crippen molar-refractivity contribution in [2.45, 2.75) is 32.4 Å². The Bertz CT molecular complexity index is 351. The second-order valence-corrected chi connectivity index (χ2v) is 3.94. The molecule has 3 heteroatoms. The van der Waals surface area contributed by atoms with Gasteiger partial charge in [0, 0.05) is 17.8 Å². The molecule has 1 fully saturated rings. The third kappa shape index (κ3) is 1.79. The SMILES string of the molecule is CCc1c(O)cccc1N1CCCC1O. The van der Waals surface area contributed by atoms with Gasteiger partial charge in [-0.1, -0.05) is 13.0 Å². The summed E-state index contributed by atoms with van der Waals surface area (Å²) in [6, 6.07) is 5.49. The second kappa shape index (κ2) is 4.11. The number of phenols is 1. The third-order valence-electron chi connectivity index (χ3n) is 3.01. The van der Waals surface area contributed by atoms with Gasteiger partial charge in [-0.15, -0.1) is 0 Å². The number of nitrogens with zero attached hydrogens (tertiary/aromatic N) is 1. The largest absolute Gasteiger partial charge is 0.508 e. The van der Waals surface area contributed by atoms with Crippen molar-refractivity contribution in [2.24, 2.45) is 0 Å². The highest BCUT2D eigenvalue weighted by molar-refractivity contribution is 5.59. The zero-order valence-corrected chi connectivity index (χ0v) is 8.98. The van der Waals surface area contributed by atoms with E-state index in [-0.39, 0.29) is 0 Å². The maximum atomic E-state index is 9.80. The van der Waals surface area contributed by atoms with Gasteiger partial charge in [0.05, 0.1) is 0 Å². The van der Waals surface area contributed by atoms with Gasteiger partial charge in [0.15, 0.2) is 0 Å². The van der Waals surface area contributed by atoms with Crippen LogP contribution >= 0.6 is 0 Å². The van der Waals surface area contributed by atoms with Gasteiger partial charge in [-0.25, -0.2) is 0 Å². The molecule has 2 N–H and O–H groups in total. The maximum absolute atomic E-state index is 9.80. The van der Waals surface area contributed by atoms with Gasteiger partial charge >= 0.3 is 0 Å².